The molecule has 2 N–H and O–H groups in total. The van der Waals surface area contributed by atoms with Crippen LogP contribution in [0.15, 0.2) is 53.5 Å². The van der Waals surface area contributed by atoms with Crippen molar-refractivity contribution >= 4 is 54.8 Å². The quantitative estimate of drug-likeness (QED) is 0.248. The van der Waals surface area contributed by atoms with Crippen LogP contribution in [0.2, 0.25) is 0 Å². The van der Waals surface area contributed by atoms with Crippen molar-refractivity contribution in [1.29, 1.82) is 0 Å². The molecule has 7 rings (SSSR count). The molecule has 268 valence electrons. The lowest BCUT2D eigenvalue weighted by molar-refractivity contribution is -0.187. The van der Waals surface area contributed by atoms with Gasteiger partial charge in [0.25, 0.3) is 10.0 Å². The topological polar surface area (TPSA) is 161 Å². The number of benzene rings is 2. The molecule has 1 spiro atoms. The number of H-pyrrole nitrogens is 1. The highest BCUT2D eigenvalue weighted by molar-refractivity contribution is 7.97. The fraction of sp³-hybridized carbons (Fsp3) is 0.529. The van der Waals surface area contributed by atoms with Gasteiger partial charge in [0, 0.05) is 56.9 Å². The Balaban J connectivity index is 1.07. The number of urea groups is 1. The Hall–Kier alpha value is -3.86. The Morgan fingerprint density at radius 2 is 1.74 bits per heavy atom. The van der Waals surface area contributed by atoms with Crippen molar-refractivity contribution in [3.63, 3.8) is 0 Å². The van der Waals surface area contributed by atoms with Crippen molar-refractivity contribution in [3.8, 4) is 0 Å². The van der Waals surface area contributed by atoms with Gasteiger partial charge < -0.3 is 29.6 Å². The van der Waals surface area contributed by atoms with Crippen LogP contribution in [0, 0.1) is 0 Å². The minimum atomic E-state index is -3.62. The van der Waals surface area contributed by atoms with Crippen molar-refractivity contribution in [2.75, 3.05) is 63.4 Å². The predicted molar refractivity (Wildman–Crippen MR) is 192 cm³/mol. The summed E-state index contributed by atoms with van der Waals surface area (Å²) in [5, 5.41) is 7.87. The summed E-state index contributed by atoms with van der Waals surface area (Å²) in [5.41, 5.74) is 2.71. The van der Waals surface area contributed by atoms with E-state index in [1.807, 2.05) is 42.8 Å². The van der Waals surface area contributed by atoms with Gasteiger partial charge in [0.05, 0.1) is 48.5 Å². The standard InChI is InChI=1S/C34H43N7O7S2/c1-49(2)19-20-50(45,46)41-29-8-7-24(21-25(29)23-35-41)22-28(31(42)38-15-11-34(12-16-38)47-17-18-48-34)37-32(43)39-13-9-26(10-14-39)40-30-6-4-3-5-27(30)36-33(40)44/h3-8,21,23,26,28H,9-20,22H2,1-2H3,(H-,36,37,43,44)/p+1. The van der Waals surface area contributed by atoms with E-state index in [9.17, 15) is 22.8 Å². The molecule has 1 atom stereocenters. The van der Waals surface area contributed by atoms with Gasteiger partial charge in [-0.3, -0.25) is 9.36 Å². The van der Waals surface area contributed by atoms with Gasteiger partial charge >= 0.3 is 11.7 Å². The number of imidazole rings is 1. The normalized spacial score (nSPS) is 19.2. The molecule has 1 unspecified atom stereocenters. The van der Waals surface area contributed by atoms with E-state index in [0.29, 0.717) is 81.7 Å². The van der Waals surface area contributed by atoms with Crippen molar-refractivity contribution in [1.82, 2.24) is 33.9 Å². The zero-order valence-electron chi connectivity index (χ0n) is 28.4. The maximum atomic E-state index is 14.1. The Labute approximate surface area is 293 Å². The minimum Gasteiger partial charge on any atom is -0.347 e. The number of hydrogen-bond donors (Lipinski definition) is 2. The average molecular weight is 727 g/mol. The van der Waals surface area contributed by atoms with Crippen LogP contribution in [-0.4, -0.2) is 124 Å². The van der Waals surface area contributed by atoms with E-state index in [0.717, 1.165) is 20.7 Å². The molecule has 3 amide bonds. The van der Waals surface area contributed by atoms with Gasteiger partial charge in [0.15, 0.2) is 5.79 Å². The van der Waals surface area contributed by atoms with E-state index in [1.165, 1.54) is 6.20 Å². The summed E-state index contributed by atoms with van der Waals surface area (Å²) in [6.07, 6.45) is 8.06. The van der Waals surface area contributed by atoms with Gasteiger partial charge in [-0.15, -0.1) is 0 Å². The SMILES string of the molecule is C[S+](C)CCS(=O)(=O)n1ncc2cc(CC(NC(=O)N3CCC(n4c(=O)[nH]c5ccccc54)CC3)C(=O)N3CCC4(CC3)OCCO4)ccc21. The molecule has 3 fully saturated rings. The average Bonchev–Trinajstić information content (AvgIpc) is 3.84. The zero-order chi connectivity index (χ0) is 35.0. The van der Waals surface area contributed by atoms with E-state index < -0.39 is 21.9 Å². The van der Waals surface area contributed by atoms with Crippen molar-refractivity contribution < 1.29 is 27.5 Å². The first-order valence-corrected chi connectivity index (χ1v) is 20.9. The lowest BCUT2D eigenvalue weighted by Gasteiger charge is -2.39. The highest BCUT2D eigenvalue weighted by atomic mass is 32.2. The van der Waals surface area contributed by atoms with Crippen molar-refractivity contribution in [3.05, 3.63) is 64.7 Å². The van der Waals surface area contributed by atoms with Gasteiger partial charge in [-0.05, 0) is 53.6 Å². The smallest absolute Gasteiger partial charge is 0.326 e. The summed E-state index contributed by atoms with van der Waals surface area (Å²) in [4.78, 5) is 47.0. The predicted octanol–water partition coefficient (Wildman–Crippen LogP) is 2.06. The molecule has 2 aromatic heterocycles. The summed E-state index contributed by atoms with van der Waals surface area (Å²) in [6.45, 7) is 2.82. The molecule has 3 aliphatic heterocycles. The van der Waals surface area contributed by atoms with Gasteiger partial charge in [-0.1, -0.05) is 18.2 Å². The monoisotopic (exact) mass is 726 g/mol. The molecule has 3 aliphatic rings. The highest BCUT2D eigenvalue weighted by Gasteiger charge is 2.42. The van der Waals surface area contributed by atoms with Crippen LogP contribution in [0.4, 0.5) is 4.79 Å². The summed E-state index contributed by atoms with van der Waals surface area (Å²) in [5.74, 6) is -0.277. The number of nitrogens with zero attached hydrogens (tertiary/aromatic N) is 5. The third-order valence-electron chi connectivity index (χ3n) is 10.0. The van der Waals surface area contributed by atoms with E-state index in [1.54, 1.807) is 26.5 Å². The van der Waals surface area contributed by atoms with Crippen LogP contribution < -0.4 is 11.0 Å². The van der Waals surface area contributed by atoms with Gasteiger partial charge in [0.2, 0.25) is 5.91 Å². The second kappa shape index (κ2) is 14.0. The molecule has 4 aromatic rings. The number of aromatic nitrogens is 4. The van der Waals surface area contributed by atoms with E-state index in [-0.39, 0.29) is 46.7 Å². The molecule has 2 aromatic carbocycles. The number of fused-ring (bicyclic) bond motifs is 2. The third-order valence-corrected chi connectivity index (χ3v) is 12.9. The fourth-order valence-corrected chi connectivity index (χ4v) is 10.3. The minimum absolute atomic E-state index is 0.00716. The maximum absolute atomic E-state index is 14.1. The fourth-order valence-electron chi connectivity index (χ4n) is 7.28. The van der Waals surface area contributed by atoms with Gasteiger partial charge in [0.1, 0.15) is 17.5 Å². The van der Waals surface area contributed by atoms with E-state index in [4.69, 9.17) is 9.47 Å². The molecule has 50 heavy (non-hydrogen) atoms. The maximum Gasteiger partial charge on any atom is 0.326 e. The molecule has 3 saturated heterocycles. The second-order valence-corrected chi connectivity index (χ2v) is 17.9. The molecule has 0 radical (unpaired) electrons. The molecule has 0 bridgehead atoms. The number of piperidine rings is 2. The summed E-state index contributed by atoms with van der Waals surface area (Å²) >= 11 is 0. The lowest BCUT2D eigenvalue weighted by Crippen LogP contribution is -2.57. The third kappa shape index (κ3) is 7.02. The first kappa shape index (κ1) is 34.6. The van der Waals surface area contributed by atoms with Gasteiger partial charge in [-0.25, -0.2) is 18.0 Å². The first-order chi connectivity index (χ1) is 24.0. The number of carbonyl (C=O) groups excluding carboxylic acids is 2. The lowest BCUT2D eigenvalue weighted by atomic mass is 9.99. The Morgan fingerprint density at radius 1 is 1.02 bits per heavy atom. The van der Waals surface area contributed by atoms with Crippen molar-refractivity contribution in [2.24, 2.45) is 0 Å². The molecular weight excluding hydrogens is 683 g/mol. The number of carbonyl (C=O) groups is 2. The number of para-hydroxylation sites is 2. The Bertz CT molecular complexity index is 2030. The first-order valence-electron chi connectivity index (χ1n) is 17.1. The van der Waals surface area contributed by atoms with Gasteiger partial charge in [-0.2, -0.15) is 9.19 Å². The van der Waals surface area contributed by atoms with E-state index >= 15 is 0 Å². The molecule has 0 aliphatic carbocycles. The molecular formula is C34H44N7O7S2+. The number of amides is 3. The van der Waals surface area contributed by atoms with E-state index in [2.05, 4.69) is 15.4 Å². The summed E-state index contributed by atoms with van der Waals surface area (Å²) in [7, 11) is -3.65. The number of likely N-dealkylation sites (tertiary alicyclic amines) is 2. The summed E-state index contributed by atoms with van der Waals surface area (Å²) in [6, 6.07) is 11.7. The highest BCUT2D eigenvalue weighted by Crippen LogP contribution is 2.32. The number of aromatic amines is 1. The van der Waals surface area contributed by atoms with Crippen LogP contribution in [0.25, 0.3) is 21.9 Å². The number of ether oxygens (including phenoxy) is 2. The summed E-state index contributed by atoms with van der Waals surface area (Å²) < 4.78 is 40.7. The van der Waals surface area contributed by atoms with Crippen LogP contribution in [-0.2, 0) is 41.6 Å². The molecule has 5 heterocycles. The van der Waals surface area contributed by atoms with Crippen LogP contribution >= 0.6 is 0 Å². The van der Waals surface area contributed by atoms with Crippen LogP contribution in [0.3, 0.4) is 0 Å². The number of nitrogens with one attached hydrogen (secondary N) is 2. The number of rotatable bonds is 9. The second-order valence-electron chi connectivity index (χ2n) is 13.6. The molecule has 0 saturated carbocycles. The largest absolute Gasteiger partial charge is 0.347 e. The molecule has 16 heteroatoms. The van der Waals surface area contributed by atoms with Crippen LogP contribution in [0.1, 0.15) is 37.3 Å². The zero-order valence-corrected chi connectivity index (χ0v) is 30.0. The van der Waals surface area contributed by atoms with Crippen molar-refractivity contribution in [2.45, 2.75) is 50.0 Å². The molecule has 14 nitrogen and oxygen atoms in total. The number of hydrogen-bond acceptors (Lipinski definition) is 8. The Morgan fingerprint density at radius 3 is 2.46 bits per heavy atom. The Kier molecular flexibility index (Phi) is 9.71. The van der Waals surface area contributed by atoms with Crippen LogP contribution in [0.5, 0.6) is 0 Å².